The number of para-hydroxylation sites is 1. The van der Waals surface area contributed by atoms with E-state index >= 15 is 0 Å². The highest BCUT2D eigenvalue weighted by molar-refractivity contribution is 6.30. The van der Waals surface area contributed by atoms with Crippen molar-refractivity contribution in [3.63, 3.8) is 0 Å². The predicted molar refractivity (Wildman–Crippen MR) is 97.1 cm³/mol. The average molecular weight is 372 g/mol. The molecule has 0 saturated heterocycles. The zero-order valence-corrected chi connectivity index (χ0v) is 14.9. The molecule has 3 rings (SSSR count). The average Bonchev–Trinajstić information content (AvgIpc) is 3.20. The molecule has 0 aliphatic carbocycles. The lowest BCUT2D eigenvalue weighted by molar-refractivity contribution is -0.123. The fourth-order valence-corrected chi connectivity index (χ4v) is 2.67. The zero-order valence-electron chi connectivity index (χ0n) is 14.2. The van der Waals surface area contributed by atoms with Gasteiger partial charge >= 0.3 is 0 Å². The maximum atomic E-state index is 12.4. The van der Waals surface area contributed by atoms with E-state index < -0.39 is 6.04 Å². The third-order valence-electron chi connectivity index (χ3n) is 3.86. The topological polar surface area (TPSA) is 77.2 Å². The first kappa shape index (κ1) is 17.9. The minimum Gasteiger partial charge on any atom is -0.483 e. The van der Waals surface area contributed by atoms with E-state index in [1.165, 1.54) is 6.39 Å². The van der Waals surface area contributed by atoms with E-state index in [1.54, 1.807) is 24.3 Å². The largest absolute Gasteiger partial charge is 0.483 e. The van der Waals surface area contributed by atoms with Gasteiger partial charge in [-0.25, -0.2) is 0 Å². The Balaban J connectivity index is 1.70. The van der Waals surface area contributed by atoms with E-state index in [-0.39, 0.29) is 12.5 Å². The number of nitrogens with zero attached hydrogens (tertiary/aromatic N) is 2. The highest BCUT2D eigenvalue weighted by Crippen LogP contribution is 2.22. The number of amides is 1. The number of hydrogen-bond acceptors (Lipinski definition) is 5. The van der Waals surface area contributed by atoms with Crippen molar-refractivity contribution >= 4 is 17.5 Å². The van der Waals surface area contributed by atoms with Gasteiger partial charge in [0.2, 0.25) is 6.39 Å². The molecule has 0 bridgehead atoms. The van der Waals surface area contributed by atoms with E-state index in [2.05, 4.69) is 15.5 Å². The number of aromatic nitrogens is 2. The summed E-state index contributed by atoms with van der Waals surface area (Å²) in [7, 11) is 0. The molecular formula is C19H18ClN3O3. The van der Waals surface area contributed by atoms with Crippen molar-refractivity contribution in [3.8, 4) is 5.75 Å². The van der Waals surface area contributed by atoms with Crippen LogP contribution in [0.15, 0.2) is 59.4 Å². The molecule has 0 radical (unpaired) electrons. The van der Waals surface area contributed by atoms with Crippen molar-refractivity contribution in [1.29, 1.82) is 0 Å². The monoisotopic (exact) mass is 371 g/mol. The maximum Gasteiger partial charge on any atom is 0.258 e. The second-order valence-electron chi connectivity index (χ2n) is 5.59. The molecule has 1 aromatic heterocycles. The van der Waals surface area contributed by atoms with Crippen LogP contribution in [0, 0.1) is 0 Å². The van der Waals surface area contributed by atoms with Crippen LogP contribution < -0.4 is 10.1 Å². The highest BCUT2D eigenvalue weighted by Gasteiger charge is 2.21. The molecule has 134 valence electrons. The standard InChI is InChI=1S/C19H18ClN3O3/c1-2-13-5-3-4-6-16(13)25-11-17(24)22-18(19-21-12-26-23-19)14-7-9-15(20)10-8-14/h3-10,12,18H,2,11H2,1H3,(H,22,24). The Labute approximate surface area is 156 Å². The summed E-state index contributed by atoms with van der Waals surface area (Å²) in [5.74, 6) is 0.767. The number of halogens is 1. The molecule has 0 saturated carbocycles. The number of carbonyl (C=O) groups excluding carboxylic acids is 1. The van der Waals surface area contributed by atoms with Crippen LogP contribution in [0.4, 0.5) is 0 Å². The molecule has 0 fully saturated rings. The molecule has 0 aliphatic heterocycles. The minimum atomic E-state index is -0.552. The van der Waals surface area contributed by atoms with Gasteiger partial charge in [0.25, 0.3) is 5.91 Å². The molecule has 7 heteroatoms. The van der Waals surface area contributed by atoms with Crippen molar-refractivity contribution in [2.45, 2.75) is 19.4 Å². The van der Waals surface area contributed by atoms with Crippen LogP contribution in [0.5, 0.6) is 5.75 Å². The molecule has 1 atom stereocenters. The van der Waals surface area contributed by atoms with Gasteiger partial charge in [0.1, 0.15) is 11.8 Å². The predicted octanol–water partition coefficient (Wildman–Crippen LogP) is 3.57. The Bertz CT molecular complexity index is 851. The molecule has 26 heavy (non-hydrogen) atoms. The van der Waals surface area contributed by atoms with Gasteiger partial charge in [-0.05, 0) is 35.7 Å². The number of ether oxygens (including phenoxy) is 1. The maximum absolute atomic E-state index is 12.4. The molecule has 1 N–H and O–H groups in total. The first-order valence-corrected chi connectivity index (χ1v) is 8.57. The van der Waals surface area contributed by atoms with Crippen LogP contribution in [0.25, 0.3) is 0 Å². The summed E-state index contributed by atoms with van der Waals surface area (Å²) in [4.78, 5) is 16.5. The van der Waals surface area contributed by atoms with Gasteiger partial charge in [-0.1, -0.05) is 54.0 Å². The van der Waals surface area contributed by atoms with E-state index in [1.807, 2.05) is 31.2 Å². The first-order chi connectivity index (χ1) is 12.7. The Morgan fingerprint density at radius 2 is 2.00 bits per heavy atom. The Kier molecular flexibility index (Phi) is 5.86. The molecule has 1 heterocycles. The number of nitrogens with one attached hydrogen (secondary N) is 1. The lowest BCUT2D eigenvalue weighted by Crippen LogP contribution is -2.34. The molecular weight excluding hydrogens is 354 g/mol. The minimum absolute atomic E-state index is 0.112. The molecule has 1 amide bonds. The van der Waals surface area contributed by atoms with Gasteiger partial charge in [0, 0.05) is 5.02 Å². The Morgan fingerprint density at radius 1 is 1.23 bits per heavy atom. The smallest absolute Gasteiger partial charge is 0.258 e. The zero-order chi connectivity index (χ0) is 18.4. The van der Waals surface area contributed by atoms with Crippen LogP contribution >= 0.6 is 11.6 Å². The van der Waals surface area contributed by atoms with Crippen molar-refractivity contribution in [2.24, 2.45) is 0 Å². The van der Waals surface area contributed by atoms with E-state index in [9.17, 15) is 4.79 Å². The molecule has 0 aliphatic rings. The highest BCUT2D eigenvalue weighted by atomic mass is 35.5. The lowest BCUT2D eigenvalue weighted by atomic mass is 10.1. The van der Waals surface area contributed by atoms with Gasteiger partial charge in [-0.15, -0.1) is 0 Å². The number of rotatable bonds is 7. The molecule has 3 aromatic rings. The Hall–Kier alpha value is -2.86. The summed E-state index contributed by atoms with van der Waals surface area (Å²) in [6, 6.07) is 14.2. The van der Waals surface area contributed by atoms with Crippen molar-refractivity contribution in [1.82, 2.24) is 15.5 Å². The van der Waals surface area contributed by atoms with Gasteiger partial charge in [0.15, 0.2) is 12.4 Å². The second kappa shape index (κ2) is 8.49. The summed E-state index contributed by atoms with van der Waals surface area (Å²) in [5.41, 5.74) is 1.84. The normalized spacial score (nSPS) is 11.8. The second-order valence-corrected chi connectivity index (χ2v) is 6.03. The molecule has 0 spiro atoms. The van der Waals surface area contributed by atoms with Crippen LogP contribution in [0.3, 0.4) is 0 Å². The van der Waals surface area contributed by atoms with Crippen LogP contribution in [-0.2, 0) is 11.2 Å². The van der Waals surface area contributed by atoms with Crippen LogP contribution in [0.2, 0.25) is 5.02 Å². The first-order valence-electron chi connectivity index (χ1n) is 8.19. The van der Waals surface area contributed by atoms with Gasteiger partial charge in [-0.2, -0.15) is 4.98 Å². The quantitative estimate of drug-likeness (QED) is 0.687. The summed E-state index contributed by atoms with van der Waals surface area (Å²) < 4.78 is 10.5. The van der Waals surface area contributed by atoms with Crippen molar-refractivity contribution in [2.75, 3.05) is 6.61 Å². The third-order valence-corrected chi connectivity index (χ3v) is 4.11. The van der Waals surface area contributed by atoms with Crippen molar-refractivity contribution < 1.29 is 14.1 Å². The van der Waals surface area contributed by atoms with Crippen molar-refractivity contribution in [3.05, 3.63) is 76.9 Å². The number of hydrogen-bond donors (Lipinski definition) is 1. The fraction of sp³-hybridized carbons (Fsp3) is 0.211. The van der Waals surface area contributed by atoms with Crippen LogP contribution in [-0.4, -0.2) is 22.7 Å². The summed E-state index contributed by atoms with van der Waals surface area (Å²) in [5, 5.41) is 7.31. The number of benzene rings is 2. The summed E-state index contributed by atoms with van der Waals surface area (Å²) in [6.07, 6.45) is 2.05. The SMILES string of the molecule is CCc1ccccc1OCC(=O)NC(c1ccc(Cl)cc1)c1ncon1. The van der Waals surface area contributed by atoms with E-state index in [4.69, 9.17) is 20.9 Å². The third kappa shape index (κ3) is 4.40. The molecule has 6 nitrogen and oxygen atoms in total. The number of aryl methyl sites for hydroxylation is 1. The van der Waals surface area contributed by atoms with Crippen LogP contribution in [0.1, 0.15) is 29.9 Å². The lowest BCUT2D eigenvalue weighted by Gasteiger charge is -2.17. The number of carbonyl (C=O) groups is 1. The summed E-state index contributed by atoms with van der Waals surface area (Å²) >= 11 is 5.94. The van der Waals surface area contributed by atoms with Gasteiger partial charge < -0.3 is 14.6 Å². The molecule has 2 aromatic carbocycles. The van der Waals surface area contributed by atoms with Gasteiger partial charge in [0.05, 0.1) is 0 Å². The molecule has 1 unspecified atom stereocenters. The van der Waals surface area contributed by atoms with Gasteiger partial charge in [-0.3, -0.25) is 4.79 Å². The fourth-order valence-electron chi connectivity index (χ4n) is 2.54. The Morgan fingerprint density at radius 3 is 2.69 bits per heavy atom. The van der Waals surface area contributed by atoms with E-state index in [0.29, 0.717) is 16.6 Å². The van der Waals surface area contributed by atoms with E-state index in [0.717, 1.165) is 17.5 Å². The summed E-state index contributed by atoms with van der Waals surface area (Å²) in [6.45, 7) is 1.92.